The molecule has 1 aromatic rings. The highest BCUT2D eigenvalue weighted by Crippen LogP contribution is 2.30. The second kappa shape index (κ2) is 6.10. The highest BCUT2D eigenvalue weighted by molar-refractivity contribution is 5.77. The molecule has 0 bridgehead atoms. The van der Waals surface area contributed by atoms with Crippen LogP contribution in [0.4, 0.5) is 4.79 Å². The van der Waals surface area contributed by atoms with Gasteiger partial charge in [0, 0.05) is 19.1 Å². The van der Waals surface area contributed by atoms with Gasteiger partial charge in [-0.2, -0.15) is 0 Å². The molecule has 3 N–H and O–H groups in total. The van der Waals surface area contributed by atoms with Gasteiger partial charge in [0.15, 0.2) is 0 Å². The monoisotopic (exact) mass is 318 g/mol. The van der Waals surface area contributed by atoms with Crippen LogP contribution in [-0.4, -0.2) is 46.2 Å². The minimum Gasteiger partial charge on any atom is -0.508 e. The van der Waals surface area contributed by atoms with Crippen LogP contribution in [0.5, 0.6) is 5.75 Å². The van der Waals surface area contributed by atoms with Crippen molar-refractivity contribution in [1.29, 1.82) is 0 Å². The molecule has 1 aliphatic heterocycles. The average Bonchev–Trinajstić information content (AvgIpc) is 2.90. The van der Waals surface area contributed by atoms with Crippen molar-refractivity contribution in [3.8, 4) is 5.75 Å². The van der Waals surface area contributed by atoms with Gasteiger partial charge in [0.2, 0.25) is 0 Å². The summed E-state index contributed by atoms with van der Waals surface area (Å²) in [5.74, 6) is -0.876. The molecule has 0 aromatic heterocycles. The molecule has 3 atom stereocenters. The molecule has 1 heterocycles. The van der Waals surface area contributed by atoms with E-state index in [1.807, 2.05) is 19.1 Å². The van der Waals surface area contributed by atoms with Gasteiger partial charge in [-0.25, -0.2) is 4.79 Å². The Bertz CT molecular complexity index is 631. The molecule has 6 heteroatoms. The summed E-state index contributed by atoms with van der Waals surface area (Å²) in [5, 5.41) is 22.1. The lowest BCUT2D eigenvalue weighted by molar-refractivity contribution is -0.143. The molecular weight excluding hydrogens is 296 g/mol. The van der Waals surface area contributed by atoms with Crippen molar-refractivity contribution >= 4 is 12.0 Å². The summed E-state index contributed by atoms with van der Waals surface area (Å²) in [4.78, 5) is 25.3. The highest BCUT2D eigenvalue weighted by Gasteiger charge is 2.33. The fourth-order valence-corrected chi connectivity index (χ4v) is 3.70. The number of urea groups is 1. The average molecular weight is 318 g/mol. The number of carboxylic acids is 1. The summed E-state index contributed by atoms with van der Waals surface area (Å²) in [7, 11) is 0. The summed E-state index contributed by atoms with van der Waals surface area (Å²) >= 11 is 0. The molecule has 6 nitrogen and oxygen atoms in total. The number of piperidine rings is 1. The molecule has 0 saturated carbocycles. The van der Waals surface area contributed by atoms with Crippen LogP contribution in [0, 0.1) is 11.8 Å². The number of hydrogen-bond acceptors (Lipinski definition) is 3. The number of fused-ring (bicyclic) bond motifs is 1. The molecular formula is C17H22N2O4. The smallest absolute Gasteiger partial charge is 0.317 e. The number of likely N-dealkylation sites (tertiary alicyclic amines) is 1. The summed E-state index contributed by atoms with van der Waals surface area (Å²) in [6.45, 7) is 2.82. The maximum Gasteiger partial charge on any atom is 0.317 e. The highest BCUT2D eigenvalue weighted by atomic mass is 16.4. The van der Waals surface area contributed by atoms with Crippen molar-refractivity contribution in [3.05, 3.63) is 29.3 Å². The predicted octanol–water partition coefficient (Wildman–Crippen LogP) is 1.61. The number of nitrogens with one attached hydrogen (secondary N) is 1. The van der Waals surface area contributed by atoms with E-state index in [1.165, 1.54) is 0 Å². The Balaban J connectivity index is 1.62. The third-order valence-electron chi connectivity index (χ3n) is 4.79. The Labute approximate surface area is 135 Å². The molecule has 2 aliphatic rings. The Morgan fingerprint density at radius 1 is 1.26 bits per heavy atom. The third kappa shape index (κ3) is 3.25. The van der Waals surface area contributed by atoms with Crippen LogP contribution in [0.2, 0.25) is 0 Å². The van der Waals surface area contributed by atoms with Crippen molar-refractivity contribution in [1.82, 2.24) is 10.2 Å². The molecule has 0 radical (unpaired) electrons. The van der Waals surface area contributed by atoms with Crippen molar-refractivity contribution < 1.29 is 19.8 Å². The number of aromatic hydroxyl groups is 1. The molecule has 1 aromatic carbocycles. The fourth-order valence-electron chi connectivity index (χ4n) is 3.70. The number of amides is 2. The van der Waals surface area contributed by atoms with E-state index < -0.39 is 11.9 Å². The molecule has 3 rings (SSSR count). The Morgan fingerprint density at radius 2 is 2.04 bits per heavy atom. The maximum absolute atomic E-state index is 12.5. The van der Waals surface area contributed by atoms with Gasteiger partial charge in [-0.15, -0.1) is 0 Å². The number of phenols is 1. The normalized spacial score (nSPS) is 26.7. The summed E-state index contributed by atoms with van der Waals surface area (Å²) in [6, 6.07) is 5.17. The van der Waals surface area contributed by atoms with Crippen molar-refractivity contribution in [2.75, 3.05) is 13.1 Å². The van der Waals surface area contributed by atoms with Gasteiger partial charge in [-0.3, -0.25) is 4.79 Å². The van der Waals surface area contributed by atoms with Crippen molar-refractivity contribution in [2.45, 2.75) is 32.2 Å². The number of benzene rings is 1. The van der Waals surface area contributed by atoms with E-state index in [-0.39, 0.29) is 30.3 Å². The zero-order valence-corrected chi connectivity index (χ0v) is 13.2. The van der Waals surface area contributed by atoms with Crippen LogP contribution in [0.25, 0.3) is 0 Å². The lowest BCUT2D eigenvalue weighted by atomic mass is 9.91. The van der Waals surface area contributed by atoms with Crippen molar-refractivity contribution in [2.24, 2.45) is 11.8 Å². The van der Waals surface area contributed by atoms with Gasteiger partial charge in [0.1, 0.15) is 5.75 Å². The first-order valence-electron chi connectivity index (χ1n) is 8.02. The topological polar surface area (TPSA) is 89.9 Å². The van der Waals surface area contributed by atoms with Gasteiger partial charge in [0.05, 0.1) is 5.92 Å². The molecule has 124 valence electrons. The van der Waals surface area contributed by atoms with Gasteiger partial charge < -0.3 is 20.4 Å². The van der Waals surface area contributed by atoms with Gasteiger partial charge in [0.25, 0.3) is 0 Å². The number of rotatable bonds is 2. The van der Waals surface area contributed by atoms with E-state index >= 15 is 0 Å². The van der Waals surface area contributed by atoms with Gasteiger partial charge in [-0.1, -0.05) is 19.1 Å². The Morgan fingerprint density at radius 3 is 2.74 bits per heavy atom. The number of carbonyl (C=O) groups is 2. The lowest BCUT2D eigenvalue weighted by Crippen LogP contribution is -2.51. The zero-order valence-electron chi connectivity index (χ0n) is 13.2. The lowest BCUT2D eigenvalue weighted by Gasteiger charge is -2.35. The first kappa shape index (κ1) is 15.6. The molecule has 1 fully saturated rings. The largest absolute Gasteiger partial charge is 0.508 e. The first-order valence-corrected chi connectivity index (χ1v) is 8.02. The van der Waals surface area contributed by atoms with Gasteiger partial charge in [-0.05, 0) is 42.4 Å². The van der Waals surface area contributed by atoms with Crippen LogP contribution in [0.1, 0.15) is 24.5 Å². The molecule has 1 aliphatic carbocycles. The quantitative estimate of drug-likeness (QED) is 0.773. The molecule has 2 amide bonds. The van der Waals surface area contributed by atoms with E-state index in [2.05, 4.69) is 5.32 Å². The fraction of sp³-hybridized carbons (Fsp3) is 0.529. The number of carbonyl (C=O) groups excluding carboxylic acids is 1. The standard InChI is InChI=1S/C17H22N2O4/c1-10-5-12(16(21)22)9-19(8-10)17(23)18-13-6-11-3-2-4-15(20)14(11)7-13/h2-4,10,12-13,20H,5-9H2,1H3,(H,18,23)(H,21,22). The van der Waals surface area contributed by atoms with Crippen molar-refractivity contribution in [3.63, 3.8) is 0 Å². The maximum atomic E-state index is 12.5. The molecule has 3 unspecified atom stereocenters. The van der Waals surface area contributed by atoms with Gasteiger partial charge >= 0.3 is 12.0 Å². The van der Waals surface area contributed by atoms with E-state index in [9.17, 15) is 19.8 Å². The molecule has 1 saturated heterocycles. The molecule has 23 heavy (non-hydrogen) atoms. The predicted molar refractivity (Wildman–Crippen MR) is 84.3 cm³/mol. The second-order valence-electron chi connectivity index (χ2n) is 6.75. The number of carboxylic acid groups (broad SMARTS) is 1. The Kier molecular flexibility index (Phi) is 4.15. The second-order valence-corrected chi connectivity index (χ2v) is 6.75. The zero-order chi connectivity index (χ0) is 16.6. The SMILES string of the molecule is CC1CC(C(=O)O)CN(C(=O)NC2Cc3cccc(O)c3C2)C1. The van der Waals surface area contributed by atoms with Crippen LogP contribution >= 0.6 is 0 Å². The number of aliphatic carboxylic acids is 1. The van der Waals surface area contributed by atoms with Crippen LogP contribution in [0.15, 0.2) is 18.2 Å². The number of nitrogens with zero attached hydrogens (tertiary/aromatic N) is 1. The minimum absolute atomic E-state index is 0.0497. The van der Waals surface area contributed by atoms with E-state index in [0.29, 0.717) is 25.8 Å². The van der Waals surface area contributed by atoms with Crippen LogP contribution in [-0.2, 0) is 17.6 Å². The number of hydrogen-bond donors (Lipinski definition) is 3. The summed E-state index contributed by atoms with van der Waals surface area (Å²) in [6.07, 6.45) is 1.92. The minimum atomic E-state index is -0.840. The van der Waals surface area contributed by atoms with E-state index in [4.69, 9.17) is 0 Å². The summed E-state index contributed by atoms with van der Waals surface area (Å²) < 4.78 is 0. The summed E-state index contributed by atoms with van der Waals surface area (Å²) in [5.41, 5.74) is 1.96. The van der Waals surface area contributed by atoms with E-state index in [0.717, 1.165) is 11.1 Å². The number of phenolic OH excluding ortho intramolecular Hbond substituents is 1. The first-order chi connectivity index (χ1) is 10.9. The molecule has 0 spiro atoms. The Hall–Kier alpha value is -2.24. The van der Waals surface area contributed by atoms with E-state index in [1.54, 1.807) is 11.0 Å². The van der Waals surface area contributed by atoms with Crippen LogP contribution < -0.4 is 5.32 Å². The van der Waals surface area contributed by atoms with Crippen LogP contribution in [0.3, 0.4) is 0 Å². The third-order valence-corrected chi connectivity index (χ3v) is 4.79.